The molecule has 0 aliphatic carbocycles. The third-order valence-corrected chi connectivity index (χ3v) is 5.63. The van der Waals surface area contributed by atoms with Gasteiger partial charge >= 0.3 is 0 Å². The Morgan fingerprint density at radius 1 is 1.18 bits per heavy atom. The SMILES string of the molecule is CC(=O)N1CCC(C(=O)N2CC(C)Sc3ccccc32)CC1. The Labute approximate surface area is 135 Å². The van der Waals surface area contributed by atoms with Crippen LogP contribution in [-0.2, 0) is 9.59 Å². The van der Waals surface area contributed by atoms with E-state index in [1.54, 1.807) is 6.92 Å². The number of amides is 2. The number of fused-ring (bicyclic) bond motifs is 1. The van der Waals surface area contributed by atoms with Crippen LogP contribution >= 0.6 is 11.8 Å². The number of para-hydroxylation sites is 1. The van der Waals surface area contributed by atoms with Gasteiger partial charge in [-0.1, -0.05) is 19.1 Å². The van der Waals surface area contributed by atoms with Crippen LogP contribution in [0.2, 0.25) is 0 Å². The van der Waals surface area contributed by atoms with Gasteiger partial charge in [-0.3, -0.25) is 9.59 Å². The van der Waals surface area contributed by atoms with Crippen molar-refractivity contribution in [3.8, 4) is 0 Å². The number of hydrogen-bond acceptors (Lipinski definition) is 3. The Morgan fingerprint density at radius 2 is 1.86 bits per heavy atom. The van der Waals surface area contributed by atoms with Gasteiger partial charge in [0, 0.05) is 42.6 Å². The van der Waals surface area contributed by atoms with Gasteiger partial charge in [-0.25, -0.2) is 0 Å². The molecule has 2 aliphatic rings. The Morgan fingerprint density at radius 3 is 2.55 bits per heavy atom. The lowest BCUT2D eigenvalue weighted by molar-refractivity contribution is -0.133. The van der Waals surface area contributed by atoms with E-state index in [4.69, 9.17) is 0 Å². The van der Waals surface area contributed by atoms with Gasteiger partial charge < -0.3 is 9.80 Å². The summed E-state index contributed by atoms with van der Waals surface area (Å²) >= 11 is 1.84. The van der Waals surface area contributed by atoms with Crippen LogP contribution in [0.25, 0.3) is 0 Å². The van der Waals surface area contributed by atoms with Gasteiger partial charge in [-0.05, 0) is 25.0 Å². The van der Waals surface area contributed by atoms with E-state index in [2.05, 4.69) is 13.0 Å². The number of thioether (sulfide) groups is 1. The van der Waals surface area contributed by atoms with Gasteiger partial charge in [-0.15, -0.1) is 11.8 Å². The summed E-state index contributed by atoms with van der Waals surface area (Å²) < 4.78 is 0. The van der Waals surface area contributed by atoms with Gasteiger partial charge in [0.25, 0.3) is 0 Å². The molecule has 0 spiro atoms. The zero-order valence-corrected chi connectivity index (χ0v) is 13.9. The zero-order valence-electron chi connectivity index (χ0n) is 13.1. The average Bonchev–Trinajstić information content (AvgIpc) is 2.53. The van der Waals surface area contributed by atoms with E-state index in [1.165, 1.54) is 4.90 Å². The van der Waals surface area contributed by atoms with Gasteiger partial charge in [0.05, 0.1) is 5.69 Å². The molecule has 118 valence electrons. The van der Waals surface area contributed by atoms with Crippen molar-refractivity contribution in [2.24, 2.45) is 5.92 Å². The van der Waals surface area contributed by atoms with Crippen molar-refractivity contribution in [3.05, 3.63) is 24.3 Å². The molecule has 2 aliphatic heterocycles. The number of hydrogen-bond donors (Lipinski definition) is 0. The van der Waals surface area contributed by atoms with Crippen molar-refractivity contribution in [1.29, 1.82) is 0 Å². The van der Waals surface area contributed by atoms with Crippen LogP contribution in [0.5, 0.6) is 0 Å². The Bertz CT molecular complexity index is 582. The highest BCUT2D eigenvalue weighted by Gasteiger charge is 2.33. The van der Waals surface area contributed by atoms with Crippen LogP contribution in [0, 0.1) is 5.92 Å². The van der Waals surface area contributed by atoms with Crippen molar-refractivity contribution in [1.82, 2.24) is 4.90 Å². The first-order valence-electron chi connectivity index (χ1n) is 7.89. The van der Waals surface area contributed by atoms with Gasteiger partial charge in [0.1, 0.15) is 0 Å². The third-order valence-electron chi connectivity index (χ3n) is 4.48. The predicted molar refractivity (Wildman–Crippen MR) is 89.1 cm³/mol. The molecule has 22 heavy (non-hydrogen) atoms. The van der Waals surface area contributed by atoms with Crippen LogP contribution in [0.15, 0.2) is 29.2 Å². The summed E-state index contributed by atoms with van der Waals surface area (Å²) in [6.45, 7) is 5.94. The number of carbonyl (C=O) groups excluding carboxylic acids is 2. The number of benzene rings is 1. The highest BCUT2D eigenvalue weighted by molar-refractivity contribution is 8.00. The molecule has 2 heterocycles. The molecular formula is C17H22N2O2S. The molecule has 0 N–H and O–H groups in total. The van der Waals surface area contributed by atoms with E-state index in [-0.39, 0.29) is 17.7 Å². The number of piperidine rings is 1. The van der Waals surface area contributed by atoms with Crippen LogP contribution in [0.1, 0.15) is 26.7 Å². The van der Waals surface area contributed by atoms with E-state index in [0.29, 0.717) is 18.3 Å². The second-order valence-electron chi connectivity index (χ2n) is 6.13. The Balaban J connectivity index is 1.74. The molecule has 1 atom stereocenters. The molecular weight excluding hydrogens is 296 g/mol. The molecule has 2 amide bonds. The molecule has 1 unspecified atom stereocenters. The lowest BCUT2D eigenvalue weighted by atomic mass is 9.94. The zero-order chi connectivity index (χ0) is 15.7. The minimum absolute atomic E-state index is 0.0407. The Kier molecular flexibility index (Phi) is 4.43. The summed E-state index contributed by atoms with van der Waals surface area (Å²) in [6.07, 6.45) is 1.55. The van der Waals surface area contributed by atoms with Crippen molar-refractivity contribution in [3.63, 3.8) is 0 Å². The van der Waals surface area contributed by atoms with Crippen molar-refractivity contribution >= 4 is 29.3 Å². The fourth-order valence-electron chi connectivity index (χ4n) is 3.26. The number of nitrogens with zero attached hydrogens (tertiary/aromatic N) is 2. The molecule has 4 nitrogen and oxygen atoms in total. The first-order chi connectivity index (χ1) is 10.6. The normalized spacial score (nSPS) is 22.4. The van der Waals surface area contributed by atoms with Crippen LogP contribution < -0.4 is 4.90 Å². The smallest absolute Gasteiger partial charge is 0.230 e. The second kappa shape index (κ2) is 6.32. The van der Waals surface area contributed by atoms with Crippen LogP contribution in [0.4, 0.5) is 5.69 Å². The molecule has 5 heteroatoms. The second-order valence-corrected chi connectivity index (χ2v) is 7.61. The summed E-state index contributed by atoms with van der Waals surface area (Å²) in [7, 11) is 0. The quantitative estimate of drug-likeness (QED) is 0.799. The number of anilines is 1. The van der Waals surface area contributed by atoms with E-state index in [9.17, 15) is 9.59 Å². The van der Waals surface area contributed by atoms with Crippen LogP contribution in [0.3, 0.4) is 0 Å². The number of rotatable bonds is 1. The number of likely N-dealkylation sites (tertiary alicyclic amines) is 1. The largest absolute Gasteiger partial charge is 0.343 e. The molecule has 0 bridgehead atoms. The fraction of sp³-hybridized carbons (Fsp3) is 0.529. The highest BCUT2D eigenvalue weighted by atomic mass is 32.2. The molecule has 3 rings (SSSR count). The van der Waals surface area contributed by atoms with Crippen molar-refractivity contribution < 1.29 is 9.59 Å². The topological polar surface area (TPSA) is 40.6 Å². The third kappa shape index (κ3) is 3.00. The molecule has 0 saturated carbocycles. The highest BCUT2D eigenvalue weighted by Crippen LogP contribution is 2.39. The Hall–Kier alpha value is -1.49. The predicted octanol–water partition coefficient (Wildman–Crippen LogP) is 2.77. The maximum Gasteiger partial charge on any atom is 0.230 e. The lowest BCUT2D eigenvalue weighted by Gasteiger charge is -2.37. The first kappa shape index (κ1) is 15.4. The average molecular weight is 318 g/mol. The molecule has 0 radical (unpaired) electrons. The summed E-state index contributed by atoms with van der Waals surface area (Å²) in [4.78, 5) is 29.4. The number of carbonyl (C=O) groups is 2. The minimum atomic E-state index is 0.0407. The summed E-state index contributed by atoms with van der Waals surface area (Å²) in [5.74, 6) is 0.376. The van der Waals surface area contributed by atoms with Crippen LogP contribution in [-0.4, -0.2) is 41.6 Å². The summed E-state index contributed by atoms with van der Waals surface area (Å²) in [5.41, 5.74) is 1.05. The van der Waals surface area contributed by atoms with Crippen molar-refractivity contribution in [2.75, 3.05) is 24.5 Å². The minimum Gasteiger partial charge on any atom is -0.343 e. The van der Waals surface area contributed by atoms with E-state index in [1.807, 2.05) is 39.8 Å². The van der Waals surface area contributed by atoms with Gasteiger partial charge in [-0.2, -0.15) is 0 Å². The molecule has 1 aromatic carbocycles. The van der Waals surface area contributed by atoms with Crippen molar-refractivity contribution in [2.45, 2.75) is 36.8 Å². The van der Waals surface area contributed by atoms with Gasteiger partial charge in [0.15, 0.2) is 0 Å². The first-order valence-corrected chi connectivity index (χ1v) is 8.77. The molecule has 1 aromatic rings. The summed E-state index contributed by atoms with van der Waals surface area (Å²) in [6, 6.07) is 8.15. The molecule has 0 aromatic heterocycles. The van der Waals surface area contributed by atoms with Gasteiger partial charge in [0.2, 0.25) is 11.8 Å². The van der Waals surface area contributed by atoms with E-state index < -0.39 is 0 Å². The lowest BCUT2D eigenvalue weighted by Crippen LogP contribution is -2.46. The monoisotopic (exact) mass is 318 g/mol. The molecule has 1 fully saturated rings. The summed E-state index contributed by atoms with van der Waals surface area (Å²) in [5, 5.41) is 0.413. The standard InChI is InChI=1S/C17H22N2O2S/c1-12-11-19(15-5-3-4-6-16(15)22-12)17(21)14-7-9-18(10-8-14)13(2)20/h3-6,12,14H,7-11H2,1-2H3. The maximum absolute atomic E-state index is 13.0. The fourth-order valence-corrected chi connectivity index (χ4v) is 4.37. The van der Waals surface area contributed by atoms with E-state index in [0.717, 1.165) is 25.1 Å². The maximum atomic E-state index is 13.0. The molecule has 1 saturated heterocycles. The van der Waals surface area contributed by atoms with E-state index >= 15 is 0 Å².